The zero-order valence-corrected chi connectivity index (χ0v) is 30.4. The molecule has 53 heavy (non-hydrogen) atoms. The van der Waals surface area contributed by atoms with Crippen LogP contribution in [0.25, 0.3) is 32.7 Å². The summed E-state index contributed by atoms with van der Waals surface area (Å²) in [7, 11) is 0. The smallest absolute Gasteiger partial charge is 0.382 e. The predicted molar refractivity (Wildman–Crippen MR) is 205 cm³/mol. The largest absolute Gasteiger partial charge is 0.394 e. The first kappa shape index (κ1) is 39.2. The highest BCUT2D eigenvalue weighted by atomic mass is 79.9. The maximum absolute atomic E-state index is 12.2. The van der Waals surface area contributed by atoms with Crippen molar-refractivity contribution in [3.8, 4) is 0 Å². The first-order valence-corrected chi connectivity index (χ1v) is 18.0. The Balaban J connectivity index is 0.000000137. The molecule has 7 aromatic rings. The molecule has 11 heteroatoms. The number of para-hydroxylation sites is 4. The number of pyridine rings is 3. The Morgan fingerprint density at radius 3 is 1.64 bits per heavy atom. The molecule has 4 nitrogen and oxygen atoms in total. The van der Waals surface area contributed by atoms with Crippen LogP contribution in [0.15, 0.2) is 133 Å². The van der Waals surface area contributed by atoms with Gasteiger partial charge in [0.25, 0.3) is 0 Å². The van der Waals surface area contributed by atoms with Crippen molar-refractivity contribution in [3.63, 3.8) is 0 Å². The molecule has 0 unspecified atom stereocenters. The van der Waals surface area contributed by atoms with E-state index in [1.165, 1.54) is 16.8 Å². The molecule has 0 amide bonds. The van der Waals surface area contributed by atoms with Crippen LogP contribution in [0.4, 0.5) is 32.0 Å². The van der Waals surface area contributed by atoms with Crippen molar-refractivity contribution in [1.29, 1.82) is 0 Å². The fourth-order valence-electron chi connectivity index (χ4n) is 5.70. The second-order valence-corrected chi connectivity index (χ2v) is 13.0. The van der Waals surface area contributed by atoms with Crippen molar-refractivity contribution >= 4 is 54.3 Å². The van der Waals surface area contributed by atoms with Crippen LogP contribution in [0.2, 0.25) is 0 Å². The number of nitrogens with zero attached hydrogens (tertiary/aromatic N) is 3. The van der Waals surface area contributed by atoms with Gasteiger partial charge in [-0.1, -0.05) is 107 Å². The van der Waals surface area contributed by atoms with Crippen molar-refractivity contribution in [1.82, 2.24) is 15.0 Å². The molecule has 3 aromatic heterocycles. The number of nitrogens with one attached hydrogen (secondary N) is 1. The summed E-state index contributed by atoms with van der Waals surface area (Å²) in [6.45, 7) is 2.01. The first-order chi connectivity index (χ1) is 25.3. The minimum atomic E-state index is -4.20. The molecule has 0 saturated carbocycles. The molecule has 0 spiro atoms. The lowest BCUT2D eigenvalue weighted by Gasteiger charge is -2.27. The van der Waals surface area contributed by atoms with E-state index in [-0.39, 0.29) is 5.69 Å². The number of benzene rings is 4. The number of aromatic nitrogens is 3. The summed E-state index contributed by atoms with van der Waals surface area (Å²) in [4.78, 5) is 12.8. The van der Waals surface area contributed by atoms with Crippen LogP contribution in [0, 0.1) is 6.92 Å². The topological polar surface area (TPSA) is 50.7 Å². The first-order valence-electron chi connectivity index (χ1n) is 16.9. The zero-order chi connectivity index (χ0) is 37.8. The highest BCUT2D eigenvalue weighted by Crippen LogP contribution is 2.30. The van der Waals surface area contributed by atoms with Crippen molar-refractivity contribution in [2.75, 3.05) is 5.32 Å². The average molecular weight is 792 g/mol. The summed E-state index contributed by atoms with van der Waals surface area (Å²) in [6, 6.07) is 41.8. The standard InChI is InChI=1S/C11H12F3N.C11H8F3N.C10H8BrN.C10H9N/c2*12-11(13,14)7-9-6-5-8-3-1-2-4-10(8)15-9;11-7-9-6-5-8-3-1-2-4-10(8)12-9;1-8-6-7-9-4-2-3-5-10(9)11-8/h1-4,9,15H,5-7H2;1-6H,7H2;1-6H,7H2;2-7H,1H3/t9-;;;/m0.../s1. The maximum Gasteiger partial charge on any atom is 0.394 e. The number of hydrogen-bond donors (Lipinski definition) is 1. The molecule has 8 rings (SSSR count). The summed E-state index contributed by atoms with van der Waals surface area (Å²) in [5, 5.41) is 7.00. The number of hydrogen-bond acceptors (Lipinski definition) is 4. The summed E-state index contributed by atoms with van der Waals surface area (Å²) in [5.74, 6) is 0. The van der Waals surface area contributed by atoms with Crippen LogP contribution in [0.3, 0.4) is 0 Å². The third-order valence-electron chi connectivity index (χ3n) is 8.19. The van der Waals surface area contributed by atoms with Gasteiger partial charge in [0, 0.05) is 38.9 Å². The van der Waals surface area contributed by atoms with Crippen molar-refractivity contribution in [2.45, 2.75) is 56.3 Å². The van der Waals surface area contributed by atoms with Gasteiger partial charge in [0.2, 0.25) is 0 Å². The van der Waals surface area contributed by atoms with Crippen LogP contribution in [-0.2, 0) is 18.2 Å². The lowest BCUT2D eigenvalue weighted by Crippen LogP contribution is -2.30. The van der Waals surface area contributed by atoms with Gasteiger partial charge in [-0.2, -0.15) is 26.3 Å². The highest BCUT2D eigenvalue weighted by Gasteiger charge is 2.33. The number of anilines is 1. The van der Waals surface area contributed by atoms with E-state index in [0.717, 1.165) is 50.8 Å². The average Bonchev–Trinajstić information content (AvgIpc) is 3.14. The summed E-state index contributed by atoms with van der Waals surface area (Å²) in [6.07, 6.45) is -8.72. The Labute approximate surface area is 312 Å². The molecular formula is C42H37BrF6N4. The Morgan fingerprint density at radius 2 is 1.08 bits per heavy atom. The molecule has 0 saturated heterocycles. The summed E-state index contributed by atoms with van der Waals surface area (Å²) < 4.78 is 72.8. The summed E-state index contributed by atoms with van der Waals surface area (Å²) >= 11 is 3.38. The van der Waals surface area contributed by atoms with E-state index in [9.17, 15) is 26.3 Å². The van der Waals surface area contributed by atoms with Gasteiger partial charge >= 0.3 is 12.4 Å². The van der Waals surface area contributed by atoms with Gasteiger partial charge in [0.15, 0.2) is 0 Å². The van der Waals surface area contributed by atoms with E-state index in [2.05, 4.69) is 60.5 Å². The fourth-order valence-corrected chi connectivity index (χ4v) is 6.01. The van der Waals surface area contributed by atoms with Crippen LogP contribution < -0.4 is 5.32 Å². The minimum Gasteiger partial charge on any atom is -0.382 e. The molecule has 0 fully saturated rings. The Hall–Kier alpha value is -5.03. The molecule has 1 N–H and O–H groups in total. The third kappa shape index (κ3) is 12.6. The highest BCUT2D eigenvalue weighted by molar-refractivity contribution is 9.08. The van der Waals surface area contributed by atoms with Gasteiger partial charge in [-0.25, -0.2) is 0 Å². The fraction of sp³-hybridized carbons (Fsp3) is 0.214. The molecule has 0 aliphatic carbocycles. The predicted octanol–water partition coefficient (Wildman–Crippen LogP) is 12.4. The van der Waals surface area contributed by atoms with E-state index >= 15 is 0 Å². The molecule has 4 aromatic carbocycles. The van der Waals surface area contributed by atoms with Crippen molar-refractivity contribution in [2.24, 2.45) is 0 Å². The van der Waals surface area contributed by atoms with E-state index in [4.69, 9.17) is 0 Å². The van der Waals surface area contributed by atoms with Gasteiger partial charge in [-0.05, 0) is 67.8 Å². The molecular weight excluding hydrogens is 754 g/mol. The monoisotopic (exact) mass is 790 g/mol. The van der Waals surface area contributed by atoms with Crippen LogP contribution in [0.1, 0.15) is 35.5 Å². The van der Waals surface area contributed by atoms with Gasteiger partial charge < -0.3 is 5.32 Å². The van der Waals surface area contributed by atoms with Gasteiger partial charge in [0.1, 0.15) is 0 Å². The number of fused-ring (bicyclic) bond motifs is 4. The molecule has 0 radical (unpaired) electrons. The molecule has 1 atom stereocenters. The van der Waals surface area contributed by atoms with Crippen LogP contribution >= 0.6 is 15.9 Å². The number of rotatable bonds is 3. The number of alkyl halides is 7. The normalized spacial score (nSPS) is 13.7. The summed E-state index contributed by atoms with van der Waals surface area (Å²) in [5.41, 5.74) is 6.90. The van der Waals surface area contributed by atoms with Crippen LogP contribution in [-0.4, -0.2) is 33.3 Å². The van der Waals surface area contributed by atoms with E-state index in [1.54, 1.807) is 18.2 Å². The van der Waals surface area contributed by atoms with Gasteiger partial charge in [-0.15, -0.1) is 0 Å². The molecule has 274 valence electrons. The molecule has 4 heterocycles. The third-order valence-corrected chi connectivity index (χ3v) is 8.76. The lowest BCUT2D eigenvalue weighted by atomic mass is 9.96. The quantitative estimate of drug-likeness (QED) is 0.143. The second-order valence-electron chi connectivity index (χ2n) is 12.4. The Kier molecular flexibility index (Phi) is 13.4. The van der Waals surface area contributed by atoms with E-state index in [0.29, 0.717) is 11.9 Å². The Morgan fingerprint density at radius 1 is 0.585 bits per heavy atom. The van der Waals surface area contributed by atoms with Gasteiger partial charge in [0.05, 0.1) is 40.8 Å². The molecule has 1 aliphatic rings. The number of halogens is 7. The van der Waals surface area contributed by atoms with Crippen molar-refractivity contribution in [3.05, 3.63) is 156 Å². The molecule has 0 bridgehead atoms. The zero-order valence-electron chi connectivity index (χ0n) is 28.8. The number of aryl methyl sites for hydroxylation is 2. The van der Waals surface area contributed by atoms with Crippen LogP contribution in [0.5, 0.6) is 0 Å². The molecule has 1 aliphatic heterocycles. The van der Waals surface area contributed by atoms with E-state index in [1.807, 2.05) is 91.9 Å². The van der Waals surface area contributed by atoms with E-state index < -0.39 is 31.2 Å². The lowest BCUT2D eigenvalue weighted by molar-refractivity contribution is -0.137. The van der Waals surface area contributed by atoms with Gasteiger partial charge in [-0.3, -0.25) is 15.0 Å². The SMILES string of the molecule is BrCc1ccc2ccccc2n1.Cc1ccc2ccccc2n1.FC(F)(F)C[C@@H]1CCc2ccccc2N1.FC(F)(F)Cc1ccc2ccccc2n1. The Bertz CT molecular complexity index is 2240. The maximum atomic E-state index is 12.2. The second kappa shape index (κ2) is 18.1. The van der Waals surface area contributed by atoms with Crippen molar-refractivity contribution < 1.29 is 26.3 Å². The minimum absolute atomic E-state index is 0.0567.